The van der Waals surface area contributed by atoms with E-state index in [4.69, 9.17) is 4.74 Å². The van der Waals surface area contributed by atoms with Gasteiger partial charge in [-0.3, -0.25) is 0 Å². The van der Waals surface area contributed by atoms with E-state index in [1.807, 2.05) is 0 Å². The summed E-state index contributed by atoms with van der Waals surface area (Å²) in [6.07, 6.45) is 7.49. The predicted octanol–water partition coefficient (Wildman–Crippen LogP) is 4.14. The van der Waals surface area contributed by atoms with Crippen LogP contribution in [0.4, 0.5) is 0 Å². The van der Waals surface area contributed by atoms with Crippen molar-refractivity contribution in [2.45, 2.75) is 84.3 Å². The van der Waals surface area contributed by atoms with Crippen molar-refractivity contribution in [1.29, 1.82) is 0 Å². The average molecular weight is 255 g/mol. The smallest absolute Gasteiger partial charge is 0.0806 e. The van der Waals surface area contributed by atoms with Gasteiger partial charge in [-0.15, -0.1) is 0 Å². The maximum absolute atomic E-state index is 6.29. The Hall–Kier alpha value is -0.0800. The highest BCUT2D eigenvalue weighted by atomic mass is 16.5. The van der Waals surface area contributed by atoms with Crippen LogP contribution in [0.5, 0.6) is 0 Å². The van der Waals surface area contributed by atoms with E-state index in [1.54, 1.807) is 0 Å². The number of ether oxygens (including phenoxy) is 1. The van der Waals surface area contributed by atoms with E-state index < -0.39 is 0 Å². The first-order valence-corrected chi connectivity index (χ1v) is 7.76. The van der Waals surface area contributed by atoms with Crippen molar-refractivity contribution in [3.05, 3.63) is 0 Å². The Kier molecular flexibility index (Phi) is 6.13. The molecule has 0 aliphatic heterocycles. The fourth-order valence-corrected chi connectivity index (χ4v) is 2.52. The molecule has 0 atom stereocenters. The summed E-state index contributed by atoms with van der Waals surface area (Å²) < 4.78 is 6.29. The molecule has 108 valence electrons. The molecule has 0 aromatic rings. The number of hydrogen-bond donors (Lipinski definition) is 1. The minimum absolute atomic E-state index is 0.106. The van der Waals surface area contributed by atoms with Crippen LogP contribution in [0.25, 0.3) is 0 Å². The van der Waals surface area contributed by atoms with Crippen LogP contribution in [0, 0.1) is 5.92 Å². The lowest BCUT2D eigenvalue weighted by Crippen LogP contribution is -2.50. The zero-order valence-corrected chi connectivity index (χ0v) is 13.1. The van der Waals surface area contributed by atoms with Crippen molar-refractivity contribution >= 4 is 0 Å². The van der Waals surface area contributed by atoms with Gasteiger partial charge in [0.2, 0.25) is 0 Å². The molecule has 0 spiro atoms. The van der Waals surface area contributed by atoms with Crippen molar-refractivity contribution in [1.82, 2.24) is 5.32 Å². The zero-order chi connectivity index (χ0) is 13.6. The van der Waals surface area contributed by atoms with Gasteiger partial charge in [-0.25, -0.2) is 0 Å². The molecule has 0 unspecified atom stereocenters. The van der Waals surface area contributed by atoms with Crippen LogP contribution in [0.1, 0.15) is 73.1 Å². The lowest BCUT2D eigenvalue weighted by atomic mass is 9.79. The highest BCUT2D eigenvalue weighted by Gasteiger charge is 2.35. The van der Waals surface area contributed by atoms with Gasteiger partial charge in [0.15, 0.2) is 0 Å². The van der Waals surface area contributed by atoms with Crippen LogP contribution in [0.15, 0.2) is 0 Å². The summed E-state index contributed by atoms with van der Waals surface area (Å²) >= 11 is 0. The number of hydrogen-bond acceptors (Lipinski definition) is 2. The maximum atomic E-state index is 6.29. The lowest BCUT2D eigenvalue weighted by Gasteiger charge is -2.41. The summed E-state index contributed by atoms with van der Waals surface area (Å²) in [6.45, 7) is 13.2. The molecular formula is C16H33NO. The van der Waals surface area contributed by atoms with E-state index in [1.165, 1.54) is 38.5 Å². The van der Waals surface area contributed by atoms with Gasteiger partial charge in [-0.1, -0.05) is 20.3 Å². The van der Waals surface area contributed by atoms with Gasteiger partial charge in [-0.2, -0.15) is 0 Å². The Bertz CT molecular complexity index is 224. The van der Waals surface area contributed by atoms with Crippen molar-refractivity contribution in [2.75, 3.05) is 13.2 Å². The molecule has 1 N–H and O–H groups in total. The quantitative estimate of drug-likeness (QED) is 0.720. The molecule has 0 radical (unpaired) electrons. The van der Waals surface area contributed by atoms with Gasteiger partial charge >= 0.3 is 0 Å². The number of nitrogens with one attached hydrogen (secondary N) is 1. The van der Waals surface area contributed by atoms with Crippen molar-refractivity contribution in [3.63, 3.8) is 0 Å². The van der Waals surface area contributed by atoms with Crippen molar-refractivity contribution in [3.8, 4) is 0 Å². The minimum Gasteiger partial charge on any atom is -0.374 e. The Morgan fingerprint density at radius 1 is 1.22 bits per heavy atom. The Morgan fingerprint density at radius 2 is 1.83 bits per heavy atom. The van der Waals surface area contributed by atoms with Crippen molar-refractivity contribution < 1.29 is 4.74 Å². The van der Waals surface area contributed by atoms with Crippen LogP contribution in [0.3, 0.4) is 0 Å². The highest BCUT2D eigenvalue weighted by molar-refractivity contribution is 4.90. The molecule has 2 heteroatoms. The third kappa shape index (κ3) is 5.71. The average Bonchev–Trinajstić information content (AvgIpc) is 2.30. The van der Waals surface area contributed by atoms with Gasteiger partial charge in [-0.05, 0) is 58.8 Å². The van der Waals surface area contributed by atoms with Crippen molar-refractivity contribution in [2.24, 2.45) is 5.92 Å². The molecule has 1 saturated carbocycles. The molecule has 0 aromatic heterocycles. The third-order valence-electron chi connectivity index (χ3n) is 4.03. The fraction of sp³-hybridized carbons (Fsp3) is 1.00. The summed E-state index contributed by atoms with van der Waals surface area (Å²) in [5.41, 5.74) is 0.291. The van der Waals surface area contributed by atoms with E-state index in [0.29, 0.717) is 0 Å². The first-order chi connectivity index (χ1) is 8.37. The Labute approximate surface area is 114 Å². The van der Waals surface area contributed by atoms with Crippen LogP contribution in [-0.4, -0.2) is 24.3 Å². The first kappa shape index (κ1) is 16.0. The third-order valence-corrected chi connectivity index (χ3v) is 4.03. The topological polar surface area (TPSA) is 21.3 Å². The summed E-state index contributed by atoms with van der Waals surface area (Å²) in [4.78, 5) is 0. The minimum atomic E-state index is 0.106. The van der Waals surface area contributed by atoms with Crippen LogP contribution < -0.4 is 5.32 Å². The summed E-state index contributed by atoms with van der Waals surface area (Å²) in [7, 11) is 0. The Morgan fingerprint density at radius 3 is 2.33 bits per heavy atom. The largest absolute Gasteiger partial charge is 0.374 e. The van der Waals surface area contributed by atoms with Crippen LogP contribution >= 0.6 is 0 Å². The van der Waals surface area contributed by atoms with Gasteiger partial charge in [0.1, 0.15) is 0 Å². The van der Waals surface area contributed by atoms with Gasteiger partial charge < -0.3 is 10.1 Å². The molecule has 0 saturated heterocycles. The summed E-state index contributed by atoms with van der Waals surface area (Å²) in [5, 5.41) is 3.65. The number of rotatable bonds is 6. The molecule has 1 fully saturated rings. The second-order valence-electron chi connectivity index (χ2n) is 7.17. The van der Waals surface area contributed by atoms with E-state index in [-0.39, 0.29) is 11.1 Å². The van der Waals surface area contributed by atoms with E-state index in [2.05, 4.69) is 39.9 Å². The van der Waals surface area contributed by atoms with Crippen LogP contribution in [0.2, 0.25) is 0 Å². The molecular weight excluding hydrogens is 222 g/mol. The molecule has 0 aromatic carbocycles. The highest BCUT2D eigenvalue weighted by Crippen LogP contribution is 2.34. The monoisotopic (exact) mass is 255 g/mol. The van der Waals surface area contributed by atoms with Gasteiger partial charge in [0, 0.05) is 18.7 Å². The molecule has 0 heterocycles. The molecule has 1 rings (SSSR count). The maximum Gasteiger partial charge on any atom is 0.0806 e. The standard InChI is InChI=1S/C16H33NO/c1-6-7-12-18-16(13-17-15(3,4)5)10-8-14(2)9-11-16/h14,17H,6-13H2,1-5H3. The van der Waals surface area contributed by atoms with Crippen LogP contribution in [-0.2, 0) is 4.74 Å². The summed E-state index contributed by atoms with van der Waals surface area (Å²) in [5.74, 6) is 0.877. The second-order valence-corrected chi connectivity index (χ2v) is 7.17. The summed E-state index contributed by atoms with van der Waals surface area (Å²) in [6, 6.07) is 0. The molecule has 1 aliphatic rings. The normalized spacial score (nSPS) is 29.5. The molecule has 18 heavy (non-hydrogen) atoms. The fourth-order valence-electron chi connectivity index (χ4n) is 2.52. The van der Waals surface area contributed by atoms with E-state index in [0.717, 1.165) is 19.1 Å². The SMILES string of the molecule is CCCCOC1(CNC(C)(C)C)CCC(C)CC1. The van der Waals surface area contributed by atoms with Gasteiger partial charge in [0.25, 0.3) is 0 Å². The second kappa shape index (κ2) is 6.91. The first-order valence-electron chi connectivity index (χ1n) is 7.76. The molecule has 0 amide bonds. The zero-order valence-electron chi connectivity index (χ0n) is 13.1. The lowest BCUT2D eigenvalue weighted by molar-refractivity contribution is -0.0787. The predicted molar refractivity (Wildman–Crippen MR) is 79.0 cm³/mol. The van der Waals surface area contributed by atoms with E-state index >= 15 is 0 Å². The van der Waals surface area contributed by atoms with E-state index in [9.17, 15) is 0 Å². The molecule has 0 bridgehead atoms. The molecule has 2 nitrogen and oxygen atoms in total. The Balaban J connectivity index is 2.51. The van der Waals surface area contributed by atoms with Gasteiger partial charge in [0.05, 0.1) is 5.60 Å². The number of unbranched alkanes of at least 4 members (excludes halogenated alkanes) is 1. The molecule has 1 aliphatic carbocycles.